The van der Waals surface area contributed by atoms with Gasteiger partial charge in [0.1, 0.15) is 11.8 Å². The van der Waals surface area contributed by atoms with E-state index in [2.05, 4.69) is 5.16 Å². The molecular formula is C17H19N3O4S. The van der Waals surface area contributed by atoms with Gasteiger partial charge >= 0.3 is 0 Å². The molecule has 0 saturated carbocycles. The van der Waals surface area contributed by atoms with Gasteiger partial charge in [-0.2, -0.15) is 4.31 Å². The van der Waals surface area contributed by atoms with Gasteiger partial charge in [0.2, 0.25) is 10.0 Å². The number of oxime groups is 1. The molecule has 0 aromatic heterocycles. The molecule has 25 heavy (non-hydrogen) atoms. The third-order valence-electron chi connectivity index (χ3n) is 4.30. The van der Waals surface area contributed by atoms with Gasteiger partial charge in [-0.25, -0.2) is 8.42 Å². The third-order valence-corrected chi connectivity index (χ3v) is 6.18. The maximum atomic E-state index is 13.1. The second-order valence-electron chi connectivity index (χ2n) is 5.67. The molecule has 1 aliphatic heterocycles. The Labute approximate surface area is 146 Å². The molecule has 0 radical (unpaired) electrons. The number of hydrogen-bond donors (Lipinski definition) is 2. The number of hydrogen-bond acceptors (Lipinski definition) is 5. The average Bonchev–Trinajstić information content (AvgIpc) is 2.66. The zero-order valence-corrected chi connectivity index (χ0v) is 14.5. The van der Waals surface area contributed by atoms with E-state index < -0.39 is 16.1 Å². The lowest BCUT2D eigenvalue weighted by molar-refractivity contribution is 0.303. The lowest BCUT2D eigenvalue weighted by atomic mass is 9.94. The second-order valence-corrected chi connectivity index (χ2v) is 7.56. The van der Waals surface area contributed by atoms with Crippen molar-refractivity contribution < 1.29 is 18.4 Å². The van der Waals surface area contributed by atoms with Gasteiger partial charge < -0.3 is 15.7 Å². The van der Waals surface area contributed by atoms with Gasteiger partial charge in [-0.3, -0.25) is 0 Å². The van der Waals surface area contributed by atoms with Crippen molar-refractivity contribution in [2.24, 2.45) is 10.9 Å². The van der Waals surface area contributed by atoms with Crippen molar-refractivity contribution in [3.63, 3.8) is 0 Å². The van der Waals surface area contributed by atoms with Crippen molar-refractivity contribution in [2.75, 3.05) is 13.7 Å². The van der Waals surface area contributed by atoms with Crippen LogP contribution in [0.5, 0.6) is 5.75 Å². The first-order valence-electron chi connectivity index (χ1n) is 7.70. The third kappa shape index (κ3) is 3.06. The molecule has 1 heterocycles. The molecule has 132 valence electrons. The fraction of sp³-hybridized carbons (Fsp3) is 0.235. The van der Waals surface area contributed by atoms with Crippen LogP contribution in [0.1, 0.15) is 17.2 Å². The fourth-order valence-corrected chi connectivity index (χ4v) is 4.63. The van der Waals surface area contributed by atoms with Crippen molar-refractivity contribution in [1.82, 2.24) is 4.31 Å². The summed E-state index contributed by atoms with van der Waals surface area (Å²) in [6, 6.07) is 12.7. The number of fused-ring (bicyclic) bond motifs is 1. The number of nitrogens with two attached hydrogens (primary N) is 1. The Balaban J connectivity index is 2.07. The number of nitrogens with zero attached hydrogens (tertiary/aromatic N) is 2. The van der Waals surface area contributed by atoms with Crippen LogP contribution >= 0.6 is 0 Å². The number of amidine groups is 1. The molecule has 0 bridgehead atoms. The summed E-state index contributed by atoms with van der Waals surface area (Å²) in [5, 5.41) is 12.2. The van der Waals surface area contributed by atoms with E-state index in [1.807, 2.05) is 12.1 Å². The molecule has 0 aliphatic carbocycles. The molecule has 1 atom stereocenters. The lowest BCUT2D eigenvalue weighted by Gasteiger charge is -2.35. The first-order chi connectivity index (χ1) is 12.0. The Bertz CT molecular complexity index is 894. The van der Waals surface area contributed by atoms with Gasteiger partial charge in [0.25, 0.3) is 0 Å². The van der Waals surface area contributed by atoms with E-state index in [1.54, 1.807) is 24.3 Å². The Kier molecular flexibility index (Phi) is 4.65. The average molecular weight is 361 g/mol. The molecule has 0 spiro atoms. The highest BCUT2D eigenvalue weighted by atomic mass is 32.2. The number of methoxy groups -OCH3 is 1. The van der Waals surface area contributed by atoms with Crippen molar-refractivity contribution in [3.8, 4) is 5.75 Å². The molecular weight excluding hydrogens is 342 g/mol. The monoisotopic (exact) mass is 361 g/mol. The van der Waals surface area contributed by atoms with Gasteiger partial charge in [0.15, 0.2) is 5.84 Å². The van der Waals surface area contributed by atoms with E-state index >= 15 is 0 Å². The van der Waals surface area contributed by atoms with Crippen LogP contribution in [0.15, 0.2) is 58.6 Å². The maximum absolute atomic E-state index is 13.1. The molecule has 0 amide bonds. The molecule has 1 aliphatic rings. The summed E-state index contributed by atoms with van der Waals surface area (Å²) in [7, 11) is -2.31. The largest absolute Gasteiger partial charge is 0.497 e. The molecule has 8 heteroatoms. The summed E-state index contributed by atoms with van der Waals surface area (Å²) in [6.07, 6.45) is 0.556. The summed E-state index contributed by atoms with van der Waals surface area (Å²) in [6.45, 7) is 0.242. The second kappa shape index (κ2) is 6.73. The van der Waals surface area contributed by atoms with E-state index in [-0.39, 0.29) is 17.3 Å². The van der Waals surface area contributed by atoms with Gasteiger partial charge in [0, 0.05) is 6.54 Å². The molecule has 0 saturated heterocycles. The minimum Gasteiger partial charge on any atom is -0.497 e. The quantitative estimate of drug-likeness (QED) is 0.373. The first kappa shape index (κ1) is 17.2. The maximum Gasteiger partial charge on any atom is 0.244 e. The Hall–Kier alpha value is -2.58. The van der Waals surface area contributed by atoms with E-state index in [4.69, 9.17) is 15.7 Å². The predicted molar refractivity (Wildman–Crippen MR) is 93.2 cm³/mol. The molecule has 0 fully saturated rings. The molecule has 1 unspecified atom stereocenters. The SMILES string of the molecule is COc1ccc(S(=O)(=O)N2CCc3ccccc3C2C(N)=NO)cc1. The summed E-state index contributed by atoms with van der Waals surface area (Å²) in [4.78, 5) is 0.128. The van der Waals surface area contributed by atoms with Crippen molar-refractivity contribution in [1.29, 1.82) is 0 Å². The first-order valence-corrected chi connectivity index (χ1v) is 9.14. The van der Waals surface area contributed by atoms with Crippen LogP contribution < -0.4 is 10.5 Å². The highest BCUT2D eigenvalue weighted by Crippen LogP contribution is 2.34. The molecule has 2 aromatic rings. The van der Waals surface area contributed by atoms with Gasteiger partial charge in [-0.05, 0) is 41.8 Å². The summed E-state index contributed by atoms with van der Waals surface area (Å²) in [5.74, 6) is 0.403. The fourth-order valence-electron chi connectivity index (χ4n) is 3.05. The summed E-state index contributed by atoms with van der Waals surface area (Å²) >= 11 is 0. The van der Waals surface area contributed by atoms with Gasteiger partial charge in [-0.1, -0.05) is 29.4 Å². The molecule has 3 N–H and O–H groups in total. The number of sulfonamides is 1. The van der Waals surface area contributed by atoms with Crippen LogP contribution in [0.4, 0.5) is 0 Å². The summed E-state index contributed by atoms with van der Waals surface area (Å²) in [5.41, 5.74) is 7.56. The smallest absolute Gasteiger partial charge is 0.244 e. The van der Waals surface area contributed by atoms with Gasteiger partial charge in [0.05, 0.1) is 12.0 Å². The van der Waals surface area contributed by atoms with Crippen molar-refractivity contribution >= 4 is 15.9 Å². The standard InChI is InChI=1S/C17H19N3O4S/c1-24-13-6-8-14(9-7-13)25(22,23)20-11-10-12-4-2-3-5-15(12)16(20)17(18)19-21/h2-9,16,21H,10-11H2,1H3,(H2,18,19). The minimum atomic E-state index is -3.83. The van der Waals surface area contributed by atoms with E-state index in [0.717, 1.165) is 11.1 Å². The number of ether oxygens (including phenoxy) is 1. The summed E-state index contributed by atoms with van der Waals surface area (Å²) < 4.78 is 32.6. The van der Waals surface area contributed by atoms with Crippen LogP contribution in [0.3, 0.4) is 0 Å². The number of benzene rings is 2. The van der Waals surface area contributed by atoms with E-state index in [1.165, 1.54) is 23.5 Å². The van der Waals surface area contributed by atoms with Crippen LogP contribution in [-0.4, -0.2) is 37.4 Å². The van der Waals surface area contributed by atoms with Crippen LogP contribution in [-0.2, 0) is 16.4 Å². The minimum absolute atomic E-state index is 0.128. The van der Waals surface area contributed by atoms with E-state index in [0.29, 0.717) is 12.2 Å². The Morgan fingerprint density at radius 2 is 1.92 bits per heavy atom. The van der Waals surface area contributed by atoms with E-state index in [9.17, 15) is 8.42 Å². The van der Waals surface area contributed by atoms with Gasteiger partial charge in [-0.15, -0.1) is 0 Å². The predicted octanol–water partition coefficient (Wildman–Crippen LogP) is 1.73. The van der Waals surface area contributed by atoms with Crippen LogP contribution in [0.2, 0.25) is 0 Å². The zero-order chi connectivity index (χ0) is 18.0. The van der Waals surface area contributed by atoms with Crippen molar-refractivity contribution in [2.45, 2.75) is 17.4 Å². The van der Waals surface area contributed by atoms with Crippen LogP contribution in [0, 0.1) is 0 Å². The molecule has 2 aromatic carbocycles. The highest BCUT2D eigenvalue weighted by Gasteiger charge is 2.38. The Morgan fingerprint density at radius 3 is 2.56 bits per heavy atom. The lowest BCUT2D eigenvalue weighted by Crippen LogP contribution is -2.45. The number of rotatable bonds is 4. The zero-order valence-electron chi connectivity index (χ0n) is 13.7. The normalized spacial score (nSPS) is 18.6. The molecule has 7 nitrogen and oxygen atoms in total. The van der Waals surface area contributed by atoms with Crippen molar-refractivity contribution in [3.05, 3.63) is 59.7 Å². The Morgan fingerprint density at radius 1 is 1.24 bits per heavy atom. The molecule has 3 rings (SSSR count). The highest BCUT2D eigenvalue weighted by molar-refractivity contribution is 7.89. The van der Waals surface area contributed by atoms with Crippen LogP contribution in [0.25, 0.3) is 0 Å². The topological polar surface area (TPSA) is 105 Å².